The van der Waals surface area contributed by atoms with Gasteiger partial charge in [0, 0.05) is 12.6 Å². The molecule has 0 aliphatic carbocycles. The molecule has 18 heavy (non-hydrogen) atoms. The number of pyridine rings is 1. The Hall–Kier alpha value is -1.58. The maximum absolute atomic E-state index is 10.8. The number of nitrogens with zero attached hydrogens (tertiary/aromatic N) is 2. The van der Waals surface area contributed by atoms with Crippen molar-refractivity contribution < 1.29 is 9.90 Å². The molecule has 0 saturated heterocycles. The van der Waals surface area contributed by atoms with Gasteiger partial charge < -0.3 is 10.0 Å². The zero-order valence-corrected chi connectivity index (χ0v) is 11.4. The van der Waals surface area contributed by atoms with Crippen molar-refractivity contribution in [1.82, 2.24) is 4.98 Å². The van der Waals surface area contributed by atoms with Gasteiger partial charge >= 0.3 is 5.97 Å². The van der Waals surface area contributed by atoms with E-state index in [1.54, 1.807) is 12.3 Å². The Bertz CT molecular complexity index is 374. The Morgan fingerprint density at radius 2 is 2.11 bits per heavy atom. The van der Waals surface area contributed by atoms with Crippen LogP contribution >= 0.6 is 0 Å². The van der Waals surface area contributed by atoms with Crippen molar-refractivity contribution in [2.75, 3.05) is 11.4 Å². The lowest BCUT2D eigenvalue weighted by molar-refractivity contribution is 0.0690. The summed E-state index contributed by atoms with van der Waals surface area (Å²) in [4.78, 5) is 17.0. The van der Waals surface area contributed by atoms with Crippen LogP contribution in [-0.4, -0.2) is 28.6 Å². The summed E-state index contributed by atoms with van der Waals surface area (Å²) in [5.74, 6) is -0.983. The number of anilines is 1. The van der Waals surface area contributed by atoms with E-state index in [-0.39, 0.29) is 5.69 Å². The SMILES string of the molecule is CCCCCN(c1ccc(C(=O)O)nc1)C(C)C. The zero-order chi connectivity index (χ0) is 13.5. The largest absolute Gasteiger partial charge is 0.477 e. The molecule has 100 valence electrons. The maximum atomic E-state index is 10.8. The highest BCUT2D eigenvalue weighted by Gasteiger charge is 2.11. The molecular formula is C14H22N2O2. The minimum Gasteiger partial charge on any atom is -0.477 e. The smallest absolute Gasteiger partial charge is 0.354 e. The normalized spacial score (nSPS) is 10.7. The number of carbonyl (C=O) groups is 1. The molecule has 1 N–H and O–H groups in total. The van der Waals surface area contributed by atoms with Gasteiger partial charge in [-0.25, -0.2) is 9.78 Å². The molecule has 1 rings (SSSR count). The van der Waals surface area contributed by atoms with Crippen molar-refractivity contribution in [3.05, 3.63) is 24.0 Å². The van der Waals surface area contributed by atoms with Gasteiger partial charge in [0.05, 0.1) is 11.9 Å². The second-order valence-electron chi connectivity index (χ2n) is 4.70. The summed E-state index contributed by atoms with van der Waals surface area (Å²) in [6, 6.07) is 3.79. The lowest BCUT2D eigenvalue weighted by atomic mass is 10.2. The van der Waals surface area contributed by atoms with Crippen molar-refractivity contribution in [1.29, 1.82) is 0 Å². The number of carboxylic acids is 1. The average molecular weight is 250 g/mol. The monoisotopic (exact) mass is 250 g/mol. The molecule has 0 bridgehead atoms. The summed E-state index contributed by atoms with van der Waals surface area (Å²) in [6.45, 7) is 7.44. The third-order valence-corrected chi connectivity index (χ3v) is 2.92. The van der Waals surface area contributed by atoms with E-state index in [0.29, 0.717) is 6.04 Å². The second-order valence-corrected chi connectivity index (χ2v) is 4.70. The number of hydrogen-bond donors (Lipinski definition) is 1. The Morgan fingerprint density at radius 1 is 1.39 bits per heavy atom. The summed E-state index contributed by atoms with van der Waals surface area (Å²) >= 11 is 0. The maximum Gasteiger partial charge on any atom is 0.354 e. The fraction of sp³-hybridized carbons (Fsp3) is 0.571. The van der Waals surface area contributed by atoms with E-state index in [1.807, 2.05) is 6.07 Å². The van der Waals surface area contributed by atoms with Gasteiger partial charge in [0.15, 0.2) is 0 Å². The van der Waals surface area contributed by atoms with Crippen molar-refractivity contribution in [2.24, 2.45) is 0 Å². The van der Waals surface area contributed by atoms with Gasteiger partial charge in [0.2, 0.25) is 0 Å². The summed E-state index contributed by atoms with van der Waals surface area (Å²) in [6.07, 6.45) is 5.21. The van der Waals surface area contributed by atoms with Crippen molar-refractivity contribution in [2.45, 2.75) is 46.1 Å². The number of aromatic carboxylic acids is 1. The molecule has 0 aromatic carbocycles. The first kappa shape index (κ1) is 14.5. The summed E-state index contributed by atoms with van der Waals surface area (Å²) < 4.78 is 0. The van der Waals surface area contributed by atoms with Gasteiger partial charge in [0.1, 0.15) is 5.69 Å². The molecule has 0 spiro atoms. The van der Waals surface area contributed by atoms with Gasteiger partial charge in [-0.2, -0.15) is 0 Å². The van der Waals surface area contributed by atoms with Crippen LogP contribution in [0.1, 0.15) is 50.5 Å². The number of carboxylic acid groups (broad SMARTS) is 1. The summed E-state index contributed by atoms with van der Waals surface area (Å²) in [5.41, 5.74) is 1.09. The van der Waals surface area contributed by atoms with Crippen LogP contribution in [0.4, 0.5) is 5.69 Å². The van der Waals surface area contributed by atoms with Crippen molar-refractivity contribution >= 4 is 11.7 Å². The third-order valence-electron chi connectivity index (χ3n) is 2.92. The molecule has 0 amide bonds. The molecule has 4 heteroatoms. The summed E-state index contributed by atoms with van der Waals surface area (Å²) in [7, 11) is 0. The highest BCUT2D eigenvalue weighted by Crippen LogP contribution is 2.17. The molecule has 0 saturated carbocycles. The van der Waals surface area contributed by atoms with Gasteiger partial charge in [-0.3, -0.25) is 0 Å². The topological polar surface area (TPSA) is 53.4 Å². The van der Waals surface area contributed by atoms with E-state index >= 15 is 0 Å². The van der Waals surface area contributed by atoms with Gasteiger partial charge in [-0.05, 0) is 32.4 Å². The Balaban J connectivity index is 2.75. The Morgan fingerprint density at radius 3 is 2.56 bits per heavy atom. The van der Waals surface area contributed by atoms with Crippen molar-refractivity contribution in [3.63, 3.8) is 0 Å². The van der Waals surface area contributed by atoms with E-state index in [1.165, 1.54) is 12.8 Å². The highest BCUT2D eigenvalue weighted by molar-refractivity contribution is 5.85. The number of hydrogen-bond acceptors (Lipinski definition) is 3. The first-order valence-corrected chi connectivity index (χ1v) is 6.52. The molecule has 0 aliphatic rings. The van der Waals surface area contributed by atoms with E-state index < -0.39 is 5.97 Å². The second kappa shape index (κ2) is 6.99. The molecule has 0 unspecified atom stereocenters. The molecule has 0 fully saturated rings. The lowest BCUT2D eigenvalue weighted by Gasteiger charge is -2.28. The van der Waals surface area contributed by atoms with Crippen LogP contribution in [-0.2, 0) is 0 Å². The minimum absolute atomic E-state index is 0.0935. The lowest BCUT2D eigenvalue weighted by Crippen LogP contribution is -2.31. The summed E-state index contributed by atoms with van der Waals surface area (Å²) in [5, 5.41) is 8.82. The van der Waals surface area contributed by atoms with Crippen LogP contribution in [0.25, 0.3) is 0 Å². The first-order chi connectivity index (χ1) is 8.56. The van der Waals surface area contributed by atoms with E-state index in [2.05, 4.69) is 30.7 Å². The quantitative estimate of drug-likeness (QED) is 0.755. The Labute approximate surface area is 109 Å². The standard InChI is InChI=1S/C14H22N2O2/c1-4-5-6-9-16(11(2)3)12-7-8-13(14(17)18)15-10-12/h7-8,10-11H,4-6,9H2,1-3H3,(H,17,18). The van der Waals surface area contributed by atoms with Crippen LogP contribution in [0.5, 0.6) is 0 Å². The van der Waals surface area contributed by atoms with Gasteiger partial charge in [-0.1, -0.05) is 19.8 Å². The molecule has 0 aliphatic heterocycles. The first-order valence-electron chi connectivity index (χ1n) is 6.52. The predicted molar refractivity (Wildman–Crippen MR) is 73.2 cm³/mol. The van der Waals surface area contributed by atoms with E-state index in [4.69, 9.17) is 5.11 Å². The highest BCUT2D eigenvalue weighted by atomic mass is 16.4. The minimum atomic E-state index is -0.983. The van der Waals surface area contributed by atoms with Crippen molar-refractivity contribution in [3.8, 4) is 0 Å². The van der Waals surface area contributed by atoms with Crippen LogP contribution < -0.4 is 4.90 Å². The molecule has 0 atom stereocenters. The van der Waals surface area contributed by atoms with Crippen LogP contribution in [0.2, 0.25) is 0 Å². The molecule has 4 nitrogen and oxygen atoms in total. The number of aromatic nitrogens is 1. The average Bonchev–Trinajstić information content (AvgIpc) is 2.34. The van der Waals surface area contributed by atoms with Crippen LogP contribution in [0.3, 0.4) is 0 Å². The molecular weight excluding hydrogens is 228 g/mol. The van der Waals surface area contributed by atoms with E-state index in [0.717, 1.165) is 18.7 Å². The van der Waals surface area contributed by atoms with Crippen LogP contribution in [0.15, 0.2) is 18.3 Å². The van der Waals surface area contributed by atoms with Crippen LogP contribution in [0, 0.1) is 0 Å². The van der Waals surface area contributed by atoms with E-state index in [9.17, 15) is 4.79 Å². The predicted octanol–water partition coefficient (Wildman–Crippen LogP) is 3.18. The zero-order valence-electron chi connectivity index (χ0n) is 11.4. The molecule has 1 aromatic heterocycles. The molecule has 1 aromatic rings. The fourth-order valence-corrected chi connectivity index (χ4v) is 1.90. The van der Waals surface area contributed by atoms with Gasteiger partial charge in [0.25, 0.3) is 0 Å². The fourth-order valence-electron chi connectivity index (χ4n) is 1.90. The van der Waals surface area contributed by atoms with Gasteiger partial charge in [-0.15, -0.1) is 0 Å². The third kappa shape index (κ3) is 4.02. The molecule has 0 radical (unpaired) electrons. The Kier molecular flexibility index (Phi) is 5.62. The number of unbranched alkanes of at least 4 members (excludes halogenated alkanes) is 2. The molecule has 1 heterocycles. The number of rotatable bonds is 7.